The molecule has 50 valence electrons. The zero-order valence-electron chi connectivity index (χ0n) is 5.29. The summed E-state index contributed by atoms with van der Waals surface area (Å²) in [4.78, 5) is 0. The van der Waals surface area contributed by atoms with Crippen molar-refractivity contribution >= 4 is 12.4 Å². The van der Waals surface area contributed by atoms with Gasteiger partial charge in [-0.3, -0.25) is 0 Å². The van der Waals surface area contributed by atoms with E-state index in [1.54, 1.807) is 6.92 Å². The zero-order valence-corrected chi connectivity index (χ0v) is 6.11. The van der Waals surface area contributed by atoms with Gasteiger partial charge in [0.05, 0.1) is 6.10 Å². The van der Waals surface area contributed by atoms with Gasteiger partial charge in [0.1, 0.15) is 0 Å². The highest BCUT2D eigenvalue weighted by atomic mass is 35.5. The highest BCUT2D eigenvalue weighted by Crippen LogP contribution is 1.88. The number of rotatable bonds is 2. The van der Waals surface area contributed by atoms with Crippen molar-refractivity contribution < 1.29 is 5.11 Å². The third-order valence-electron chi connectivity index (χ3n) is 0.713. The molecule has 0 aromatic heterocycles. The molecular formula is C6H13ClO. The fourth-order valence-corrected chi connectivity index (χ4v) is 0.333. The lowest BCUT2D eigenvalue weighted by Crippen LogP contribution is -1.94. The van der Waals surface area contributed by atoms with Crippen molar-refractivity contribution in [3.63, 3.8) is 0 Å². The molecule has 0 saturated heterocycles. The molecular weight excluding hydrogens is 124 g/mol. The SMILES string of the molecule is CC=CCC(C)O.Cl. The van der Waals surface area contributed by atoms with Gasteiger partial charge in [0.2, 0.25) is 0 Å². The van der Waals surface area contributed by atoms with Crippen LogP contribution in [0.15, 0.2) is 12.2 Å². The quantitative estimate of drug-likeness (QED) is 0.574. The number of aliphatic hydroxyl groups is 1. The van der Waals surface area contributed by atoms with E-state index >= 15 is 0 Å². The molecule has 0 aliphatic carbocycles. The molecule has 0 heterocycles. The molecule has 0 aromatic rings. The summed E-state index contributed by atoms with van der Waals surface area (Å²) in [6.07, 6.45) is 4.48. The molecule has 0 amide bonds. The Morgan fingerprint density at radius 2 is 2.12 bits per heavy atom. The standard InChI is InChI=1S/C6H12O.ClH/c1-3-4-5-6(2)7;/h3-4,6-7H,5H2,1-2H3;1H. The van der Waals surface area contributed by atoms with Crippen LogP contribution in [0, 0.1) is 0 Å². The minimum absolute atomic E-state index is 0. The number of hydrogen-bond acceptors (Lipinski definition) is 1. The predicted octanol–water partition coefficient (Wildman–Crippen LogP) is 1.76. The summed E-state index contributed by atoms with van der Waals surface area (Å²) in [5.74, 6) is 0. The van der Waals surface area contributed by atoms with E-state index in [1.807, 2.05) is 19.1 Å². The molecule has 0 aliphatic heterocycles. The smallest absolute Gasteiger partial charge is 0.0546 e. The van der Waals surface area contributed by atoms with E-state index in [2.05, 4.69) is 0 Å². The Kier molecular flexibility index (Phi) is 9.51. The summed E-state index contributed by atoms with van der Waals surface area (Å²) in [5, 5.41) is 8.63. The van der Waals surface area contributed by atoms with Gasteiger partial charge in [0.25, 0.3) is 0 Å². The lowest BCUT2D eigenvalue weighted by atomic mass is 10.3. The van der Waals surface area contributed by atoms with Gasteiger partial charge >= 0.3 is 0 Å². The Labute approximate surface area is 56.8 Å². The van der Waals surface area contributed by atoms with Crippen LogP contribution in [0.5, 0.6) is 0 Å². The van der Waals surface area contributed by atoms with E-state index in [1.165, 1.54) is 0 Å². The molecule has 0 spiro atoms. The van der Waals surface area contributed by atoms with Crippen molar-refractivity contribution in [3.8, 4) is 0 Å². The molecule has 0 bridgehead atoms. The van der Waals surface area contributed by atoms with Crippen LogP contribution in [0.25, 0.3) is 0 Å². The molecule has 0 rings (SSSR count). The molecule has 1 unspecified atom stereocenters. The Hall–Kier alpha value is -0.0100. The van der Waals surface area contributed by atoms with Crippen LogP contribution in [0.3, 0.4) is 0 Å². The van der Waals surface area contributed by atoms with Crippen LogP contribution < -0.4 is 0 Å². The molecule has 1 N–H and O–H groups in total. The van der Waals surface area contributed by atoms with E-state index in [0.29, 0.717) is 0 Å². The lowest BCUT2D eigenvalue weighted by Gasteiger charge is -1.93. The summed E-state index contributed by atoms with van der Waals surface area (Å²) >= 11 is 0. The van der Waals surface area contributed by atoms with E-state index in [-0.39, 0.29) is 18.5 Å². The first-order valence-electron chi connectivity index (χ1n) is 2.56. The van der Waals surface area contributed by atoms with Crippen molar-refractivity contribution in [1.82, 2.24) is 0 Å². The third kappa shape index (κ3) is 9.37. The second-order valence-corrected chi connectivity index (χ2v) is 1.65. The van der Waals surface area contributed by atoms with E-state index < -0.39 is 0 Å². The normalized spacial score (nSPS) is 13.4. The second kappa shape index (κ2) is 6.99. The minimum Gasteiger partial charge on any atom is -0.393 e. The molecule has 0 radical (unpaired) electrons. The Morgan fingerprint density at radius 3 is 2.25 bits per heavy atom. The summed E-state index contributed by atoms with van der Waals surface area (Å²) in [6.45, 7) is 3.72. The third-order valence-corrected chi connectivity index (χ3v) is 0.713. The predicted molar refractivity (Wildman–Crippen MR) is 38.4 cm³/mol. The first-order valence-corrected chi connectivity index (χ1v) is 2.56. The topological polar surface area (TPSA) is 20.2 Å². The van der Waals surface area contributed by atoms with Crippen LogP contribution >= 0.6 is 12.4 Å². The maximum Gasteiger partial charge on any atom is 0.0546 e. The summed E-state index contributed by atoms with van der Waals surface area (Å²) in [5.41, 5.74) is 0. The highest BCUT2D eigenvalue weighted by molar-refractivity contribution is 5.85. The second-order valence-electron chi connectivity index (χ2n) is 1.65. The van der Waals surface area contributed by atoms with Crippen LogP contribution in [-0.4, -0.2) is 11.2 Å². The van der Waals surface area contributed by atoms with Gasteiger partial charge < -0.3 is 5.11 Å². The number of allylic oxidation sites excluding steroid dienone is 1. The first kappa shape index (κ1) is 10.9. The monoisotopic (exact) mass is 136 g/mol. The minimum atomic E-state index is -0.184. The molecule has 1 nitrogen and oxygen atoms in total. The van der Waals surface area contributed by atoms with Gasteiger partial charge in [-0.25, -0.2) is 0 Å². The molecule has 1 atom stereocenters. The number of aliphatic hydroxyl groups excluding tert-OH is 1. The van der Waals surface area contributed by atoms with Gasteiger partial charge in [-0.1, -0.05) is 12.2 Å². The maximum atomic E-state index is 8.63. The van der Waals surface area contributed by atoms with Gasteiger partial charge in [0, 0.05) is 0 Å². The van der Waals surface area contributed by atoms with Gasteiger partial charge in [-0.05, 0) is 20.3 Å². The largest absolute Gasteiger partial charge is 0.393 e. The highest BCUT2D eigenvalue weighted by Gasteiger charge is 1.85. The summed E-state index contributed by atoms with van der Waals surface area (Å²) in [6, 6.07) is 0. The van der Waals surface area contributed by atoms with Crippen molar-refractivity contribution in [2.75, 3.05) is 0 Å². The average Bonchev–Trinajstić information content (AvgIpc) is 1.61. The van der Waals surface area contributed by atoms with E-state index in [0.717, 1.165) is 6.42 Å². The van der Waals surface area contributed by atoms with E-state index in [9.17, 15) is 0 Å². The lowest BCUT2D eigenvalue weighted by molar-refractivity contribution is 0.198. The summed E-state index contributed by atoms with van der Waals surface area (Å²) in [7, 11) is 0. The molecule has 0 aliphatic rings. The molecule has 2 heteroatoms. The number of halogens is 1. The van der Waals surface area contributed by atoms with Crippen LogP contribution in [-0.2, 0) is 0 Å². The van der Waals surface area contributed by atoms with Crippen molar-refractivity contribution in [2.24, 2.45) is 0 Å². The zero-order chi connectivity index (χ0) is 5.70. The maximum absolute atomic E-state index is 8.63. The van der Waals surface area contributed by atoms with Gasteiger partial charge in [-0.2, -0.15) is 0 Å². The van der Waals surface area contributed by atoms with Crippen molar-refractivity contribution in [2.45, 2.75) is 26.4 Å². The first-order chi connectivity index (χ1) is 3.27. The molecule has 0 saturated carbocycles. The molecule has 0 fully saturated rings. The Morgan fingerprint density at radius 1 is 1.62 bits per heavy atom. The van der Waals surface area contributed by atoms with Crippen molar-refractivity contribution in [1.29, 1.82) is 0 Å². The van der Waals surface area contributed by atoms with Crippen LogP contribution in [0.1, 0.15) is 20.3 Å². The summed E-state index contributed by atoms with van der Waals surface area (Å²) < 4.78 is 0. The molecule has 8 heavy (non-hydrogen) atoms. The fraction of sp³-hybridized carbons (Fsp3) is 0.667. The van der Waals surface area contributed by atoms with Crippen LogP contribution in [0.4, 0.5) is 0 Å². The van der Waals surface area contributed by atoms with Crippen LogP contribution in [0.2, 0.25) is 0 Å². The molecule has 0 aromatic carbocycles. The average molecular weight is 137 g/mol. The van der Waals surface area contributed by atoms with Gasteiger partial charge in [-0.15, -0.1) is 12.4 Å². The number of hydrogen-bond donors (Lipinski definition) is 1. The Bertz CT molecular complexity index is 59.5. The van der Waals surface area contributed by atoms with E-state index in [4.69, 9.17) is 5.11 Å². The Balaban J connectivity index is 0. The van der Waals surface area contributed by atoms with Gasteiger partial charge in [0.15, 0.2) is 0 Å². The fourth-order valence-electron chi connectivity index (χ4n) is 0.333. The van der Waals surface area contributed by atoms with Crippen molar-refractivity contribution in [3.05, 3.63) is 12.2 Å².